The monoisotopic (exact) mass is 202 g/mol. The zero-order chi connectivity index (χ0) is 10.7. The van der Waals surface area contributed by atoms with Gasteiger partial charge in [0.2, 0.25) is 0 Å². The Morgan fingerprint density at radius 3 is 2.57 bits per heavy atom. The lowest BCUT2D eigenvalue weighted by Crippen LogP contribution is -2.28. The number of carbonyl (C=O) groups is 1. The molecule has 1 rings (SSSR count). The summed E-state index contributed by atoms with van der Waals surface area (Å²) in [4.78, 5) is 20.4. The molecule has 1 aliphatic rings. The highest BCUT2D eigenvalue weighted by atomic mass is 17.2. The molecule has 4 heteroatoms. The lowest BCUT2D eigenvalue weighted by molar-refractivity contribution is -0.283. The molecule has 0 aromatic carbocycles. The maximum Gasteiger partial charge on any atom is 0.307 e. The number of aliphatic carboxylic acids is 1. The van der Waals surface area contributed by atoms with Crippen LogP contribution in [-0.4, -0.2) is 24.8 Å². The van der Waals surface area contributed by atoms with E-state index in [-0.39, 0.29) is 17.8 Å². The van der Waals surface area contributed by atoms with E-state index in [2.05, 4.69) is 11.8 Å². The van der Waals surface area contributed by atoms with Gasteiger partial charge in [0, 0.05) is 5.92 Å². The van der Waals surface area contributed by atoms with Crippen LogP contribution in [0.3, 0.4) is 0 Å². The molecule has 0 aromatic rings. The number of hydrogen-bond donors (Lipinski definition) is 1. The van der Waals surface area contributed by atoms with E-state index in [1.807, 2.05) is 6.92 Å². The van der Waals surface area contributed by atoms with Crippen molar-refractivity contribution in [2.75, 3.05) is 13.7 Å². The van der Waals surface area contributed by atoms with Crippen molar-refractivity contribution >= 4 is 5.97 Å². The summed E-state index contributed by atoms with van der Waals surface area (Å²) in [5.74, 6) is -0.316. The molecule has 14 heavy (non-hydrogen) atoms. The Bertz CT molecular complexity index is 204. The van der Waals surface area contributed by atoms with Gasteiger partial charge in [-0.15, -0.1) is 0 Å². The van der Waals surface area contributed by atoms with E-state index in [4.69, 9.17) is 9.99 Å². The molecular formula is C10H18O4. The Morgan fingerprint density at radius 1 is 1.43 bits per heavy atom. The summed E-state index contributed by atoms with van der Waals surface area (Å²) in [7, 11) is 1.44. The summed E-state index contributed by atoms with van der Waals surface area (Å²) >= 11 is 0. The van der Waals surface area contributed by atoms with Crippen molar-refractivity contribution in [3.05, 3.63) is 0 Å². The van der Waals surface area contributed by atoms with Crippen LogP contribution in [0, 0.1) is 23.7 Å². The first kappa shape index (κ1) is 11.5. The zero-order valence-corrected chi connectivity index (χ0v) is 8.90. The lowest BCUT2D eigenvalue weighted by atomic mass is 9.89. The van der Waals surface area contributed by atoms with Gasteiger partial charge in [0.25, 0.3) is 0 Å². The van der Waals surface area contributed by atoms with Crippen LogP contribution >= 0.6 is 0 Å². The van der Waals surface area contributed by atoms with Crippen LogP contribution in [-0.2, 0) is 14.6 Å². The summed E-state index contributed by atoms with van der Waals surface area (Å²) in [6.07, 6.45) is 0.953. The molecule has 1 N–H and O–H groups in total. The second-order valence-corrected chi connectivity index (χ2v) is 4.17. The number of carboxylic acids is 1. The maximum absolute atomic E-state index is 11.0. The van der Waals surface area contributed by atoms with E-state index in [0.29, 0.717) is 12.5 Å². The third kappa shape index (κ3) is 2.25. The Kier molecular flexibility index (Phi) is 3.89. The van der Waals surface area contributed by atoms with E-state index in [1.54, 1.807) is 0 Å². The van der Waals surface area contributed by atoms with E-state index < -0.39 is 5.97 Å². The van der Waals surface area contributed by atoms with Gasteiger partial charge in [0.15, 0.2) is 0 Å². The third-order valence-electron chi connectivity index (χ3n) is 3.21. The van der Waals surface area contributed by atoms with Crippen molar-refractivity contribution in [2.45, 2.75) is 20.3 Å². The minimum absolute atomic E-state index is 0.0717. The summed E-state index contributed by atoms with van der Waals surface area (Å²) in [6.45, 7) is 4.43. The van der Waals surface area contributed by atoms with Crippen LogP contribution < -0.4 is 0 Å². The first-order valence-electron chi connectivity index (χ1n) is 4.96. The molecule has 0 aliphatic heterocycles. The van der Waals surface area contributed by atoms with Gasteiger partial charge in [0.1, 0.15) is 0 Å². The van der Waals surface area contributed by atoms with Crippen molar-refractivity contribution in [3.8, 4) is 0 Å². The Hall–Kier alpha value is -0.610. The molecule has 82 valence electrons. The largest absolute Gasteiger partial charge is 0.481 e. The standard InChI is InChI=1S/C10H18O4/c1-6-4-7(2)9(10(11)12)8(6)5-14-13-3/h6-9H,4-5H2,1-3H3,(H,11,12). The van der Waals surface area contributed by atoms with Crippen LogP contribution in [0.25, 0.3) is 0 Å². The summed E-state index contributed by atoms with van der Waals surface area (Å²) in [5.41, 5.74) is 0. The molecule has 0 radical (unpaired) electrons. The lowest BCUT2D eigenvalue weighted by Gasteiger charge is -2.19. The first-order chi connectivity index (χ1) is 6.57. The summed E-state index contributed by atoms with van der Waals surface area (Å²) < 4.78 is 0. The summed E-state index contributed by atoms with van der Waals surface area (Å²) in [6, 6.07) is 0. The minimum atomic E-state index is -0.716. The van der Waals surface area contributed by atoms with Crippen LogP contribution in [0.5, 0.6) is 0 Å². The van der Waals surface area contributed by atoms with Gasteiger partial charge in [-0.25, -0.2) is 9.78 Å². The molecule has 4 unspecified atom stereocenters. The Labute approximate surface area is 84.1 Å². The smallest absolute Gasteiger partial charge is 0.307 e. The molecule has 0 heterocycles. The second-order valence-electron chi connectivity index (χ2n) is 4.17. The van der Waals surface area contributed by atoms with Crippen molar-refractivity contribution < 1.29 is 19.7 Å². The fourth-order valence-electron chi connectivity index (χ4n) is 2.52. The van der Waals surface area contributed by atoms with Gasteiger partial charge in [-0.2, -0.15) is 0 Å². The zero-order valence-electron chi connectivity index (χ0n) is 8.90. The summed E-state index contributed by atoms with van der Waals surface area (Å²) in [5, 5.41) is 9.07. The van der Waals surface area contributed by atoms with Gasteiger partial charge in [0.05, 0.1) is 19.6 Å². The Morgan fingerprint density at radius 2 is 2.07 bits per heavy atom. The predicted molar refractivity (Wildman–Crippen MR) is 50.5 cm³/mol. The Balaban J connectivity index is 2.63. The average Bonchev–Trinajstić information content (AvgIpc) is 2.37. The van der Waals surface area contributed by atoms with Crippen LogP contribution in [0.2, 0.25) is 0 Å². The van der Waals surface area contributed by atoms with Gasteiger partial charge >= 0.3 is 5.97 Å². The second kappa shape index (κ2) is 4.75. The van der Waals surface area contributed by atoms with E-state index in [9.17, 15) is 4.79 Å². The highest BCUT2D eigenvalue weighted by Crippen LogP contribution is 2.41. The predicted octanol–water partition coefficient (Wildman–Crippen LogP) is 1.56. The molecule has 0 bridgehead atoms. The topological polar surface area (TPSA) is 55.8 Å². The molecule has 0 amide bonds. The van der Waals surface area contributed by atoms with Crippen molar-refractivity contribution in [2.24, 2.45) is 23.7 Å². The third-order valence-corrected chi connectivity index (χ3v) is 3.21. The molecule has 1 saturated carbocycles. The quantitative estimate of drug-likeness (QED) is 0.555. The molecule has 0 spiro atoms. The molecule has 4 atom stereocenters. The van der Waals surface area contributed by atoms with E-state index in [1.165, 1.54) is 7.11 Å². The minimum Gasteiger partial charge on any atom is -0.481 e. The van der Waals surface area contributed by atoms with E-state index >= 15 is 0 Å². The molecule has 1 aliphatic carbocycles. The molecular weight excluding hydrogens is 184 g/mol. The number of carboxylic acid groups (broad SMARTS) is 1. The van der Waals surface area contributed by atoms with Crippen molar-refractivity contribution in [1.29, 1.82) is 0 Å². The highest BCUT2D eigenvalue weighted by molar-refractivity contribution is 5.71. The number of hydrogen-bond acceptors (Lipinski definition) is 3. The van der Waals surface area contributed by atoms with Gasteiger partial charge in [-0.05, 0) is 18.3 Å². The molecule has 4 nitrogen and oxygen atoms in total. The fraction of sp³-hybridized carbons (Fsp3) is 0.900. The SMILES string of the molecule is COOCC1C(C)CC(C)C1C(=O)O. The fourth-order valence-corrected chi connectivity index (χ4v) is 2.52. The molecule has 1 fully saturated rings. The van der Waals surface area contributed by atoms with Gasteiger partial charge < -0.3 is 5.11 Å². The van der Waals surface area contributed by atoms with Crippen LogP contribution in [0.1, 0.15) is 20.3 Å². The van der Waals surface area contributed by atoms with Gasteiger partial charge in [-0.3, -0.25) is 4.79 Å². The van der Waals surface area contributed by atoms with Crippen molar-refractivity contribution in [1.82, 2.24) is 0 Å². The van der Waals surface area contributed by atoms with Gasteiger partial charge in [-0.1, -0.05) is 13.8 Å². The van der Waals surface area contributed by atoms with Crippen molar-refractivity contribution in [3.63, 3.8) is 0 Å². The highest BCUT2D eigenvalue weighted by Gasteiger charge is 2.43. The van der Waals surface area contributed by atoms with Crippen LogP contribution in [0.15, 0.2) is 0 Å². The molecule has 0 aromatic heterocycles. The molecule has 0 saturated heterocycles. The number of rotatable bonds is 4. The maximum atomic E-state index is 11.0. The van der Waals surface area contributed by atoms with Crippen LogP contribution in [0.4, 0.5) is 0 Å². The first-order valence-corrected chi connectivity index (χ1v) is 4.96. The van der Waals surface area contributed by atoms with E-state index in [0.717, 1.165) is 6.42 Å². The normalized spacial score (nSPS) is 37.4. The average molecular weight is 202 g/mol.